The Balaban J connectivity index is 1.45. The van der Waals surface area contributed by atoms with E-state index in [4.69, 9.17) is 16.3 Å². The average Bonchev–Trinajstić information content (AvgIpc) is 3.22. The smallest absolute Gasteiger partial charge is 0.416 e. The molecule has 0 radical (unpaired) electrons. The summed E-state index contributed by atoms with van der Waals surface area (Å²) in [5.74, 6) is 2.00. The molecule has 1 fully saturated rings. The van der Waals surface area contributed by atoms with Gasteiger partial charge in [0.25, 0.3) is 0 Å². The summed E-state index contributed by atoms with van der Waals surface area (Å²) >= 11 is 5.95. The van der Waals surface area contributed by atoms with Gasteiger partial charge in [-0.15, -0.1) is 0 Å². The van der Waals surface area contributed by atoms with E-state index in [1.165, 1.54) is 12.1 Å². The summed E-state index contributed by atoms with van der Waals surface area (Å²) < 4.78 is 46.4. The molecular weight excluding hydrogens is 497 g/mol. The van der Waals surface area contributed by atoms with E-state index < -0.39 is 11.7 Å². The van der Waals surface area contributed by atoms with Crippen molar-refractivity contribution in [2.75, 3.05) is 11.4 Å². The maximum atomic E-state index is 13.5. The molecule has 1 atom stereocenters. The van der Waals surface area contributed by atoms with E-state index >= 15 is 0 Å². The maximum absolute atomic E-state index is 13.5. The van der Waals surface area contributed by atoms with Crippen LogP contribution in [0.2, 0.25) is 5.02 Å². The lowest BCUT2D eigenvalue weighted by atomic mass is 10.0. The number of rotatable bonds is 6. The molecule has 3 nitrogen and oxygen atoms in total. The monoisotopic (exact) mass is 520 g/mol. The van der Waals surface area contributed by atoms with E-state index in [0.717, 1.165) is 23.1 Å². The third kappa shape index (κ3) is 5.59. The fraction of sp³-hybridized carbons (Fsp3) is 0.133. The largest absolute Gasteiger partial charge is 0.457 e. The zero-order chi connectivity index (χ0) is 26.0. The summed E-state index contributed by atoms with van der Waals surface area (Å²) in [6.07, 6.45) is -4.42. The quantitative estimate of drug-likeness (QED) is 0.253. The van der Waals surface area contributed by atoms with Gasteiger partial charge in [0.2, 0.25) is 0 Å². The predicted molar refractivity (Wildman–Crippen MR) is 141 cm³/mol. The van der Waals surface area contributed by atoms with Crippen LogP contribution in [-0.2, 0) is 12.7 Å². The molecular formula is C30H24ClF3N2O. The topological polar surface area (TPSA) is 15.7 Å². The molecule has 0 spiro atoms. The van der Waals surface area contributed by atoms with Crippen molar-refractivity contribution < 1.29 is 17.9 Å². The van der Waals surface area contributed by atoms with Crippen LogP contribution in [0.25, 0.3) is 0 Å². The van der Waals surface area contributed by atoms with Gasteiger partial charge in [-0.2, -0.15) is 13.2 Å². The molecule has 7 heteroatoms. The van der Waals surface area contributed by atoms with Gasteiger partial charge in [0.15, 0.2) is 0 Å². The summed E-state index contributed by atoms with van der Waals surface area (Å²) in [5.41, 5.74) is 1.82. The van der Waals surface area contributed by atoms with E-state index in [0.29, 0.717) is 35.2 Å². The van der Waals surface area contributed by atoms with Gasteiger partial charge < -0.3 is 14.5 Å². The SMILES string of the molecule is C=C1N(Cc2ccccc2)CC(c2cccc(C(F)(F)F)c2)N1c1ccc(Oc2ccc(Cl)cc2)cc1. The predicted octanol–water partition coefficient (Wildman–Crippen LogP) is 8.69. The van der Waals surface area contributed by atoms with Crippen molar-refractivity contribution in [3.05, 3.63) is 137 Å². The standard InChI is InChI=1S/C30H24ClF3N2O/c1-21-35(19-22-6-3-2-4-7-22)20-29(23-8-5-9-24(18-23)30(32,33)34)36(21)26-12-16-28(17-13-26)37-27-14-10-25(31)11-15-27/h2-18,29H,1,19-20H2. The molecule has 0 saturated carbocycles. The third-order valence-electron chi connectivity index (χ3n) is 6.33. The first-order valence-electron chi connectivity index (χ1n) is 11.8. The minimum absolute atomic E-state index is 0.346. The first kappa shape index (κ1) is 24.8. The molecule has 4 aromatic carbocycles. The molecule has 0 bridgehead atoms. The van der Waals surface area contributed by atoms with Crippen LogP contribution in [0.3, 0.4) is 0 Å². The molecule has 37 heavy (non-hydrogen) atoms. The minimum atomic E-state index is -4.42. The van der Waals surface area contributed by atoms with Crippen LogP contribution in [0.15, 0.2) is 116 Å². The number of nitrogens with zero attached hydrogens (tertiary/aromatic N) is 2. The molecule has 4 aromatic rings. The van der Waals surface area contributed by atoms with E-state index in [9.17, 15) is 13.2 Å². The number of benzene rings is 4. The number of hydrogen-bond donors (Lipinski definition) is 0. The Morgan fingerprint density at radius 1 is 0.838 bits per heavy atom. The first-order chi connectivity index (χ1) is 17.8. The summed E-state index contributed by atoms with van der Waals surface area (Å²) in [6, 6.07) is 29.6. The van der Waals surface area contributed by atoms with Crippen molar-refractivity contribution in [2.45, 2.75) is 18.8 Å². The zero-order valence-electron chi connectivity index (χ0n) is 19.8. The molecule has 0 aromatic heterocycles. The lowest BCUT2D eigenvalue weighted by Gasteiger charge is -2.28. The van der Waals surface area contributed by atoms with Gasteiger partial charge in [-0.1, -0.05) is 60.6 Å². The fourth-order valence-electron chi connectivity index (χ4n) is 4.51. The second kappa shape index (κ2) is 10.2. The van der Waals surface area contributed by atoms with Crippen molar-refractivity contribution in [3.63, 3.8) is 0 Å². The fourth-order valence-corrected chi connectivity index (χ4v) is 4.63. The number of alkyl halides is 3. The van der Waals surface area contributed by atoms with Gasteiger partial charge in [-0.25, -0.2) is 0 Å². The Morgan fingerprint density at radius 3 is 2.14 bits per heavy atom. The molecule has 1 unspecified atom stereocenters. The molecule has 1 aliphatic heterocycles. The molecule has 0 aliphatic carbocycles. The van der Waals surface area contributed by atoms with Crippen molar-refractivity contribution in [1.82, 2.24) is 4.90 Å². The first-order valence-corrected chi connectivity index (χ1v) is 12.1. The van der Waals surface area contributed by atoms with Gasteiger partial charge in [-0.3, -0.25) is 0 Å². The van der Waals surface area contributed by atoms with Gasteiger partial charge in [-0.05, 0) is 71.8 Å². The molecule has 0 N–H and O–H groups in total. The second-order valence-electron chi connectivity index (χ2n) is 8.84. The maximum Gasteiger partial charge on any atom is 0.416 e. The normalized spacial score (nSPS) is 15.8. The Labute approximate surface area is 219 Å². The zero-order valence-corrected chi connectivity index (χ0v) is 20.6. The number of halogens is 4. The Morgan fingerprint density at radius 2 is 1.49 bits per heavy atom. The third-order valence-corrected chi connectivity index (χ3v) is 6.58. The summed E-state index contributed by atoms with van der Waals surface area (Å²) in [6.45, 7) is 5.42. The lowest BCUT2D eigenvalue weighted by molar-refractivity contribution is -0.137. The van der Waals surface area contributed by atoms with Crippen molar-refractivity contribution in [1.29, 1.82) is 0 Å². The highest BCUT2D eigenvalue weighted by atomic mass is 35.5. The van der Waals surface area contributed by atoms with E-state index in [1.807, 2.05) is 59.5 Å². The molecule has 1 saturated heterocycles. The minimum Gasteiger partial charge on any atom is -0.457 e. The number of ether oxygens (including phenoxy) is 1. The molecule has 5 rings (SSSR count). The average molecular weight is 521 g/mol. The van der Waals surface area contributed by atoms with Gasteiger partial charge in [0, 0.05) is 23.8 Å². The van der Waals surface area contributed by atoms with Crippen LogP contribution in [0.4, 0.5) is 18.9 Å². The molecule has 1 aliphatic rings. The van der Waals surface area contributed by atoms with Crippen LogP contribution in [0.1, 0.15) is 22.7 Å². The Kier molecular flexibility index (Phi) is 6.85. The molecule has 188 valence electrons. The highest BCUT2D eigenvalue weighted by Crippen LogP contribution is 2.41. The van der Waals surface area contributed by atoms with E-state index in [-0.39, 0.29) is 6.04 Å². The summed E-state index contributed by atoms with van der Waals surface area (Å²) in [7, 11) is 0. The highest BCUT2D eigenvalue weighted by molar-refractivity contribution is 6.30. The van der Waals surface area contributed by atoms with Crippen molar-refractivity contribution in [3.8, 4) is 11.5 Å². The van der Waals surface area contributed by atoms with Crippen LogP contribution >= 0.6 is 11.6 Å². The van der Waals surface area contributed by atoms with E-state index in [2.05, 4.69) is 11.5 Å². The van der Waals surface area contributed by atoms with Crippen molar-refractivity contribution >= 4 is 17.3 Å². The van der Waals surface area contributed by atoms with Crippen LogP contribution in [-0.4, -0.2) is 11.4 Å². The van der Waals surface area contributed by atoms with Gasteiger partial charge in [0.1, 0.15) is 17.3 Å². The van der Waals surface area contributed by atoms with Crippen LogP contribution in [0.5, 0.6) is 11.5 Å². The number of hydrogen-bond acceptors (Lipinski definition) is 3. The summed E-state index contributed by atoms with van der Waals surface area (Å²) in [5, 5.41) is 0.621. The Bertz CT molecular complexity index is 1370. The molecule has 1 heterocycles. The van der Waals surface area contributed by atoms with Gasteiger partial charge >= 0.3 is 6.18 Å². The van der Waals surface area contributed by atoms with E-state index in [1.54, 1.807) is 30.3 Å². The second-order valence-corrected chi connectivity index (χ2v) is 9.28. The lowest BCUT2D eigenvalue weighted by Crippen LogP contribution is -2.23. The molecule has 0 amide bonds. The number of anilines is 1. The van der Waals surface area contributed by atoms with Crippen molar-refractivity contribution in [2.24, 2.45) is 0 Å². The Hall–Kier alpha value is -3.90. The van der Waals surface area contributed by atoms with Crippen LogP contribution < -0.4 is 9.64 Å². The van der Waals surface area contributed by atoms with Gasteiger partial charge in [0.05, 0.1) is 11.6 Å². The summed E-state index contributed by atoms with van der Waals surface area (Å²) in [4.78, 5) is 4.09. The highest BCUT2D eigenvalue weighted by Gasteiger charge is 2.37. The van der Waals surface area contributed by atoms with Crippen LogP contribution in [0, 0.1) is 0 Å².